The molecule has 1 saturated carbocycles. The molecule has 1 heteroatoms. The van der Waals surface area contributed by atoms with Gasteiger partial charge >= 0.3 is 0 Å². The fourth-order valence-corrected chi connectivity index (χ4v) is 3.26. The first-order valence-corrected chi connectivity index (χ1v) is 5.50. The molecule has 0 radical (unpaired) electrons. The highest BCUT2D eigenvalue weighted by atomic mass is 16.3. The summed E-state index contributed by atoms with van der Waals surface area (Å²) < 4.78 is 0. The Morgan fingerprint density at radius 1 is 1.62 bits per heavy atom. The van der Waals surface area contributed by atoms with Crippen molar-refractivity contribution in [2.75, 3.05) is 6.61 Å². The zero-order valence-corrected chi connectivity index (χ0v) is 8.71. The van der Waals surface area contributed by atoms with E-state index in [0.29, 0.717) is 17.9 Å². The van der Waals surface area contributed by atoms with Crippen LogP contribution in [0.2, 0.25) is 0 Å². The maximum absolute atomic E-state index is 9.35. The van der Waals surface area contributed by atoms with E-state index in [4.69, 9.17) is 0 Å². The Kier molecular flexibility index (Phi) is 2.23. The molecule has 1 fully saturated rings. The largest absolute Gasteiger partial charge is 0.396 e. The van der Waals surface area contributed by atoms with Crippen LogP contribution in [0.15, 0.2) is 11.6 Å². The van der Waals surface area contributed by atoms with Gasteiger partial charge in [-0.05, 0) is 42.9 Å². The predicted molar refractivity (Wildman–Crippen MR) is 54.4 cm³/mol. The lowest BCUT2D eigenvalue weighted by atomic mass is 9.62. The number of allylic oxidation sites excluding steroid dienone is 2. The average molecular weight is 180 g/mol. The van der Waals surface area contributed by atoms with Crippen molar-refractivity contribution in [1.82, 2.24) is 0 Å². The molecule has 0 aromatic rings. The van der Waals surface area contributed by atoms with Gasteiger partial charge in [-0.25, -0.2) is 0 Å². The second kappa shape index (κ2) is 3.13. The Bertz CT molecular complexity index is 231. The third-order valence-corrected chi connectivity index (χ3v) is 4.52. The van der Waals surface area contributed by atoms with Gasteiger partial charge in [-0.1, -0.05) is 25.5 Å². The molecule has 2 rings (SSSR count). The molecule has 0 amide bonds. The molecule has 0 aromatic carbocycles. The zero-order valence-electron chi connectivity index (χ0n) is 8.71. The molecule has 2 aliphatic carbocycles. The normalized spacial score (nSPS) is 44.4. The van der Waals surface area contributed by atoms with Crippen LogP contribution in [-0.4, -0.2) is 11.7 Å². The average Bonchev–Trinajstić information content (AvgIpc) is 2.45. The van der Waals surface area contributed by atoms with Gasteiger partial charge in [0.25, 0.3) is 0 Å². The Morgan fingerprint density at radius 2 is 2.38 bits per heavy atom. The van der Waals surface area contributed by atoms with Crippen LogP contribution in [0.1, 0.15) is 39.5 Å². The van der Waals surface area contributed by atoms with Gasteiger partial charge in [0.2, 0.25) is 0 Å². The van der Waals surface area contributed by atoms with Crippen LogP contribution in [0.4, 0.5) is 0 Å². The highest BCUT2D eigenvalue weighted by Gasteiger charge is 2.46. The van der Waals surface area contributed by atoms with Crippen LogP contribution in [0, 0.1) is 17.3 Å². The molecule has 74 valence electrons. The van der Waals surface area contributed by atoms with E-state index in [-0.39, 0.29) is 0 Å². The number of fused-ring (bicyclic) bond motifs is 1. The highest BCUT2D eigenvalue weighted by Crippen LogP contribution is 2.54. The topological polar surface area (TPSA) is 20.2 Å². The first-order chi connectivity index (χ1) is 6.19. The smallest absolute Gasteiger partial charge is 0.0470 e. The van der Waals surface area contributed by atoms with Gasteiger partial charge in [0.05, 0.1) is 0 Å². The molecule has 0 saturated heterocycles. The fraction of sp³-hybridized carbons (Fsp3) is 0.833. The highest BCUT2D eigenvalue weighted by molar-refractivity contribution is 5.25. The van der Waals surface area contributed by atoms with Gasteiger partial charge in [0, 0.05) is 6.61 Å². The first-order valence-electron chi connectivity index (χ1n) is 5.50. The molecule has 0 spiro atoms. The molecular formula is C12H20O. The number of hydrogen-bond donors (Lipinski definition) is 1. The second-order valence-electron chi connectivity index (χ2n) is 4.92. The molecule has 0 heterocycles. The first kappa shape index (κ1) is 9.26. The molecule has 2 aliphatic rings. The van der Waals surface area contributed by atoms with E-state index < -0.39 is 0 Å². The van der Waals surface area contributed by atoms with Crippen molar-refractivity contribution in [2.45, 2.75) is 39.5 Å². The minimum absolute atomic E-state index is 0.326. The van der Waals surface area contributed by atoms with Crippen LogP contribution < -0.4 is 0 Å². The fourth-order valence-electron chi connectivity index (χ4n) is 3.26. The molecule has 3 atom stereocenters. The van der Waals surface area contributed by atoms with Gasteiger partial charge in [0.1, 0.15) is 0 Å². The summed E-state index contributed by atoms with van der Waals surface area (Å²) in [6.45, 7) is 5.07. The van der Waals surface area contributed by atoms with Crippen LogP contribution in [0.25, 0.3) is 0 Å². The SMILES string of the molecule is C[C@H]1CCCC2=CC[C@H](CO)[C@@]21C. The van der Waals surface area contributed by atoms with Crippen molar-refractivity contribution < 1.29 is 5.11 Å². The van der Waals surface area contributed by atoms with Crippen LogP contribution in [-0.2, 0) is 0 Å². The van der Waals surface area contributed by atoms with E-state index in [1.165, 1.54) is 19.3 Å². The van der Waals surface area contributed by atoms with Crippen LogP contribution >= 0.6 is 0 Å². The third kappa shape index (κ3) is 1.17. The van der Waals surface area contributed by atoms with E-state index in [2.05, 4.69) is 19.9 Å². The van der Waals surface area contributed by atoms with Crippen LogP contribution in [0.5, 0.6) is 0 Å². The predicted octanol–water partition coefficient (Wildman–Crippen LogP) is 2.75. The monoisotopic (exact) mass is 180 g/mol. The maximum Gasteiger partial charge on any atom is 0.0470 e. The summed E-state index contributed by atoms with van der Waals surface area (Å²) in [6, 6.07) is 0. The quantitative estimate of drug-likeness (QED) is 0.615. The van der Waals surface area contributed by atoms with Crippen LogP contribution in [0.3, 0.4) is 0 Å². The number of aliphatic hydroxyl groups excluding tert-OH is 1. The standard InChI is InChI=1S/C12H20O/c1-9-4-3-5-10-6-7-11(8-13)12(9,10)2/h6,9,11,13H,3-5,7-8H2,1-2H3/t9-,11+,12+/m0/s1. The number of rotatable bonds is 1. The minimum Gasteiger partial charge on any atom is -0.396 e. The van der Waals surface area contributed by atoms with E-state index >= 15 is 0 Å². The second-order valence-corrected chi connectivity index (χ2v) is 4.92. The van der Waals surface area contributed by atoms with Gasteiger partial charge in [-0.3, -0.25) is 0 Å². The third-order valence-electron chi connectivity index (χ3n) is 4.52. The summed E-state index contributed by atoms with van der Waals surface area (Å²) in [4.78, 5) is 0. The van der Waals surface area contributed by atoms with Crippen molar-refractivity contribution in [3.63, 3.8) is 0 Å². The van der Waals surface area contributed by atoms with Crippen molar-refractivity contribution in [2.24, 2.45) is 17.3 Å². The molecule has 1 nitrogen and oxygen atoms in total. The summed E-state index contributed by atoms with van der Waals surface area (Å²) in [5.74, 6) is 1.25. The van der Waals surface area contributed by atoms with Crippen molar-refractivity contribution in [3.05, 3.63) is 11.6 Å². The summed E-state index contributed by atoms with van der Waals surface area (Å²) >= 11 is 0. The van der Waals surface area contributed by atoms with Crippen molar-refractivity contribution in [3.8, 4) is 0 Å². The summed E-state index contributed by atoms with van der Waals surface area (Å²) in [5, 5.41) is 9.35. The molecule has 0 bridgehead atoms. The maximum atomic E-state index is 9.35. The van der Waals surface area contributed by atoms with E-state index in [9.17, 15) is 5.11 Å². The lowest BCUT2D eigenvalue weighted by Crippen LogP contribution is -2.36. The molecule has 0 unspecified atom stereocenters. The Hall–Kier alpha value is -0.300. The molecule has 1 N–H and O–H groups in total. The van der Waals surface area contributed by atoms with Gasteiger partial charge in [0.15, 0.2) is 0 Å². The van der Waals surface area contributed by atoms with E-state index in [1.807, 2.05) is 0 Å². The lowest BCUT2D eigenvalue weighted by molar-refractivity contribution is 0.0798. The summed E-state index contributed by atoms with van der Waals surface area (Å²) in [5.41, 5.74) is 1.96. The Morgan fingerprint density at radius 3 is 3.08 bits per heavy atom. The number of hydrogen-bond acceptors (Lipinski definition) is 1. The Balaban J connectivity index is 2.28. The molecule has 0 aromatic heterocycles. The zero-order chi connectivity index (χ0) is 9.47. The molecular weight excluding hydrogens is 160 g/mol. The van der Waals surface area contributed by atoms with E-state index in [0.717, 1.165) is 12.3 Å². The lowest BCUT2D eigenvalue weighted by Gasteiger charge is -2.43. The summed E-state index contributed by atoms with van der Waals surface area (Å²) in [7, 11) is 0. The minimum atomic E-state index is 0.326. The van der Waals surface area contributed by atoms with Crippen molar-refractivity contribution >= 4 is 0 Å². The van der Waals surface area contributed by atoms with Gasteiger partial charge < -0.3 is 5.11 Å². The van der Waals surface area contributed by atoms with Gasteiger partial charge in [-0.2, -0.15) is 0 Å². The van der Waals surface area contributed by atoms with Crippen molar-refractivity contribution in [1.29, 1.82) is 0 Å². The molecule has 0 aliphatic heterocycles. The Labute approximate surface area is 80.8 Å². The van der Waals surface area contributed by atoms with Gasteiger partial charge in [-0.15, -0.1) is 0 Å². The number of aliphatic hydroxyl groups is 1. The van der Waals surface area contributed by atoms with E-state index in [1.54, 1.807) is 5.57 Å². The summed E-state index contributed by atoms with van der Waals surface area (Å²) in [6.07, 6.45) is 7.45. The molecule has 13 heavy (non-hydrogen) atoms.